The van der Waals surface area contributed by atoms with Gasteiger partial charge in [0.2, 0.25) is 5.91 Å². The molecule has 2 heterocycles. The van der Waals surface area contributed by atoms with Gasteiger partial charge in [-0.15, -0.1) is 0 Å². The van der Waals surface area contributed by atoms with Gasteiger partial charge in [-0.05, 0) is 12.8 Å². The molecule has 1 amide bonds. The fourth-order valence-electron chi connectivity index (χ4n) is 2.50. The summed E-state index contributed by atoms with van der Waals surface area (Å²) < 4.78 is 0. The molecule has 2 aliphatic heterocycles. The summed E-state index contributed by atoms with van der Waals surface area (Å²) >= 11 is 0. The van der Waals surface area contributed by atoms with Crippen molar-refractivity contribution < 1.29 is 9.63 Å². The van der Waals surface area contributed by atoms with E-state index in [1.807, 2.05) is 4.90 Å². The van der Waals surface area contributed by atoms with Crippen molar-refractivity contribution in [2.24, 2.45) is 5.16 Å². The van der Waals surface area contributed by atoms with Crippen molar-refractivity contribution in [2.75, 3.05) is 32.7 Å². The number of rotatable bonds is 5. The van der Waals surface area contributed by atoms with E-state index in [-0.39, 0.29) is 12.0 Å². The smallest absolute Gasteiger partial charge is 0.236 e. The zero-order valence-corrected chi connectivity index (χ0v) is 11.4. The van der Waals surface area contributed by atoms with E-state index in [9.17, 15) is 4.79 Å². The molecular formula is C13H23N3O2. The van der Waals surface area contributed by atoms with Crippen molar-refractivity contribution in [3.8, 4) is 0 Å². The van der Waals surface area contributed by atoms with Crippen LogP contribution in [0.3, 0.4) is 0 Å². The largest absolute Gasteiger partial charge is 0.391 e. The first kappa shape index (κ1) is 13.3. The molecule has 102 valence electrons. The van der Waals surface area contributed by atoms with Gasteiger partial charge in [-0.25, -0.2) is 0 Å². The molecule has 0 N–H and O–H groups in total. The molecule has 0 spiro atoms. The molecule has 0 aromatic heterocycles. The van der Waals surface area contributed by atoms with E-state index in [0.717, 1.165) is 51.2 Å². The highest BCUT2D eigenvalue weighted by molar-refractivity contribution is 5.85. The minimum Gasteiger partial charge on any atom is -0.391 e. The fourth-order valence-corrected chi connectivity index (χ4v) is 2.50. The maximum Gasteiger partial charge on any atom is 0.236 e. The standard InChI is InChI=1S/C13H23N3O2/c1-3-5-16-7-6-15(10-13(16)17)9-12-8-11(4-2)14-18-12/h12H,3-10H2,1-2H3/t12-/m1/s1. The predicted molar refractivity (Wildman–Crippen MR) is 70.5 cm³/mol. The molecule has 2 aliphatic rings. The first-order valence-electron chi connectivity index (χ1n) is 6.94. The van der Waals surface area contributed by atoms with Crippen LogP contribution < -0.4 is 0 Å². The molecule has 1 atom stereocenters. The second-order valence-corrected chi connectivity index (χ2v) is 5.06. The van der Waals surface area contributed by atoms with E-state index >= 15 is 0 Å². The van der Waals surface area contributed by atoms with Crippen LogP contribution in [-0.2, 0) is 9.63 Å². The van der Waals surface area contributed by atoms with Gasteiger partial charge in [0.05, 0.1) is 12.3 Å². The van der Waals surface area contributed by atoms with E-state index in [1.54, 1.807) is 0 Å². The average Bonchev–Trinajstić information content (AvgIpc) is 2.80. The summed E-state index contributed by atoms with van der Waals surface area (Å²) in [6, 6.07) is 0. The van der Waals surface area contributed by atoms with Gasteiger partial charge in [0, 0.05) is 32.6 Å². The van der Waals surface area contributed by atoms with Gasteiger partial charge in [-0.2, -0.15) is 0 Å². The zero-order chi connectivity index (χ0) is 13.0. The molecule has 1 fully saturated rings. The van der Waals surface area contributed by atoms with Crippen LogP contribution in [0.5, 0.6) is 0 Å². The third kappa shape index (κ3) is 3.22. The fraction of sp³-hybridized carbons (Fsp3) is 0.846. The Labute approximate surface area is 109 Å². The molecule has 5 heteroatoms. The number of carbonyl (C=O) groups is 1. The zero-order valence-electron chi connectivity index (χ0n) is 11.4. The lowest BCUT2D eigenvalue weighted by Gasteiger charge is -2.34. The third-order valence-electron chi connectivity index (χ3n) is 3.56. The van der Waals surface area contributed by atoms with Gasteiger partial charge >= 0.3 is 0 Å². The predicted octanol–water partition coefficient (Wildman–Crippen LogP) is 1.10. The highest BCUT2D eigenvalue weighted by Crippen LogP contribution is 2.15. The maximum atomic E-state index is 11.9. The molecule has 0 radical (unpaired) electrons. The number of nitrogens with zero attached hydrogens (tertiary/aromatic N) is 3. The van der Waals surface area contributed by atoms with Crippen LogP contribution in [-0.4, -0.2) is 60.2 Å². The van der Waals surface area contributed by atoms with Gasteiger partial charge in [0.1, 0.15) is 6.10 Å². The van der Waals surface area contributed by atoms with Crippen molar-refractivity contribution in [3.05, 3.63) is 0 Å². The number of piperazine rings is 1. The molecule has 0 aliphatic carbocycles. The molecule has 0 saturated carbocycles. The first-order chi connectivity index (χ1) is 8.72. The number of oxime groups is 1. The lowest BCUT2D eigenvalue weighted by atomic mass is 10.1. The molecule has 5 nitrogen and oxygen atoms in total. The van der Waals surface area contributed by atoms with Crippen molar-refractivity contribution >= 4 is 11.6 Å². The Bertz CT molecular complexity index is 330. The summed E-state index contributed by atoms with van der Waals surface area (Å²) in [5.41, 5.74) is 1.14. The topological polar surface area (TPSA) is 45.1 Å². The van der Waals surface area contributed by atoms with E-state index < -0.39 is 0 Å². The summed E-state index contributed by atoms with van der Waals surface area (Å²) in [5.74, 6) is 0.248. The summed E-state index contributed by atoms with van der Waals surface area (Å²) in [6.45, 7) is 8.23. The van der Waals surface area contributed by atoms with E-state index in [1.165, 1.54) is 0 Å². The number of hydrogen-bond donors (Lipinski definition) is 0. The van der Waals surface area contributed by atoms with E-state index in [2.05, 4.69) is 23.9 Å². The maximum absolute atomic E-state index is 11.9. The Morgan fingerprint density at radius 3 is 2.83 bits per heavy atom. The van der Waals surface area contributed by atoms with Crippen LogP contribution in [0.25, 0.3) is 0 Å². The third-order valence-corrected chi connectivity index (χ3v) is 3.56. The summed E-state index contributed by atoms with van der Waals surface area (Å²) in [7, 11) is 0. The summed E-state index contributed by atoms with van der Waals surface area (Å²) in [4.78, 5) is 21.4. The van der Waals surface area contributed by atoms with Gasteiger partial charge in [0.25, 0.3) is 0 Å². The van der Waals surface area contributed by atoms with Gasteiger partial charge in [-0.1, -0.05) is 19.0 Å². The normalized spacial score (nSPS) is 25.2. The van der Waals surface area contributed by atoms with Crippen molar-refractivity contribution in [3.63, 3.8) is 0 Å². The van der Waals surface area contributed by atoms with Crippen LogP contribution in [0.2, 0.25) is 0 Å². The second-order valence-electron chi connectivity index (χ2n) is 5.06. The lowest BCUT2D eigenvalue weighted by molar-refractivity contribution is -0.136. The van der Waals surface area contributed by atoms with Crippen LogP contribution in [0.4, 0.5) is 0 Å². The Morgan fingerprint density at radius 2 is 2.22 bits per heavy atom. The number of carbonyl (C=O) groups excluding carboxylic acids is 1. The van der Waals surface area contributed by atoms with Crippen molar-refractivity contribution in [1.82, 2.24) is 9.80 Å². The van der Waals surface area contributed by atoms with Crippen molar-refractivity contribution in [1.29, 1.82) is 0 Å². The Morgan fingerprint density at radius 1 is 1.39 bits per heavy atom. The van der Waals surface area contributed by atoms with Gasteiger partial charge < -0.3 is 9.74 Å². The summed E-state index contributed by atoms with van der Waals surface area (Å²) in [6.07, 6.45) is 3.05. The highest BCUT2D eigenvalue weighted by atomic mass is 16.6. The summed E-state index contributed by atoms with van der Waals surface area (Å²) in [5, 5.41) is 4.06. The minimum atomic E-state index is 0.144. The Kier molecular flexibility index (Phi) is 4.58. The van der Waals surface area contributed by atoms with Crippen LogP contribution in [0.1, 0.15) is 33.1 Å². The van der Waals surface area contributed by atoms with E-state index in [4.69, 9.17) is 4.84 Å². The lowest BCUT2D eigenvalue weighted by Crippen LogP contribution is -2.52. The van der Waals surface area contributed by atoms with E-state index in [0.29, 0.717) is 6.54 Å². The second kappa shape index (κ2) is 6.18. The molecule has 1 saturated heterocycles. The molecule has 18 heavy (non-hydrogen) atoms. The van der Waals surface area contributed by atoms with Crippen molar-refractivity contribution in [2.45, 2.75) is 39.2 Å². The van der Waals surface area contributed by atoms with Gasteiger partial charge in [0.15, 0.2) is 0 Å². The Balaban J connectivity index is 1.75. The molecule has 0 aromatic rings. The molecule has 0 unspecified atom stereocenters. The Hall–Kier alpha value is -1.10. The monoisotopic (exact) mass is 253 g/mol. The quantitative estimate of drug-likeness (QED) is 0.737. The van der Waals surface area contributed by atoms with Crippen LogP contribution in [0.15, 0.2) is 5.16 Å². The molecular weight excluding hydrogens is 230 g/mol. The number of hydrogen-bond acceptors (Lipinski definition) is 4. The van der Waals surface area contributed by atoms with Crippen LogP contribution >= 0.6 is 0 Å². The van der Waals surface area contributed by atoms with Crippen LogP contribution in [0, 0.1) is 0 Å². The highest BCUT2D eigenvalue weighted by Gasteiger charge is 2.28. The number of amides is 1. The average molecular weight is 253 g/mol. The first-order valence-corrected chi connectivity index (χ1v) is 6.94. The molecule has 0 bridgehead atoms. The molecule has 2 rings (SSSR count). The minimum absolute atomic E-state index is 0.144. The SMILES string of the molecule is CCCN1CCN(C[C@H]2CC(CC)=NO2)CC1=O. The van der Waals surface area contributed by atoms with Gasteiger partial charge in [-0.3, -0.25) is 9.69 Å². The molecule has 0 aromatic carbocycles.